The van der Waals surface area contributed by atoms with E-state index in [0.29, 0.717) is 17.2 Å². The minimum Gasteiger partial charge on any atom is -0.366 e. The molecule has 0 aliphatic heterocycles. The number of hydrogen-bond donors (Lipinski definition) is 2. The molecule has 9 heteroatoms. The summed E-state index contributed by atoms with van der Waals surface area (Å²) in [6.45, 7) is 0.734. The summed E-state index contributed by atoms with van der Waals surface area (Å²) in [7, 11) is 2.78. The van der Waals surface area contributed by atoms with Crippen LogP contribution in [0, 0.1) is 0 Å². The molecule has 1 amide bonds. The number of primary amides is 1. The molecule has 3 aromatic heterocycles. The molecule has 3 aromatic rings. The number of hydrogen-bond acceptors (Lipinski definition) is 6. The molecular formula is C18H20N7OP. The van der Waals surface area contributed by atoms with Crippen molar-refractivity contribution in [3.8, 4) is 5.69 Å². The summed E-state index contributed by atoms with van der Waals surface area (Å²) >= 11 is 0. The molecule has 1 unspecified atom stereocenters. The van der Waals surface area contributed by atoms with Crippen LogP contribution in [-0.4, -0.2) is 37.2 Å². The molecule has 3 heterocycles. The fourth-order valence-corrected chi connectivity index (χ4v) is 3.82. The Balaban J connectivity index is 1.47. The number of nitrogens with two attached hydrogens (primary N) is 1. The van der Waals surface area contributed by atoms with Crippen molar-refractivity contribution < 1.29 is 4.79 Å². The molecule has 1 fully saturated rings. The Morgan fingerprint density at radius 1 is 1.26 bits per heavy atom. The molecule has 8 nitrogen and oxygen atoms in total. The lowest BCUT2D eigenvalue weighted by molar-refractivity contribution is 0.100. The van der Waals surface area contributed by atoms with E-state index in [1.165, 1.54) is 17.3 Å². The van der Waals surface area contributed by atoms with Gasteiger partial charge in [-0.1, -0.05) is 12.5 Å². The first-order valence-corrected chi connectivity index (χ1v) is 9.27. The molecule has 138 valence electrons. The number of anilines is 1. The van der Waals surface area contributed by atoms with Gasteiger partial charge in [-0.15, -0.1) is 9.24 Å². The smallest absolute Gasteiger partial charge is 0.251 e. The van der Waals surface area contributed by atoms with E-state index in [0.717, 1.165) is 30.4 Å². The van der Waals surface area contributed by atoms with Crippen LogP contribution < -0.4 is 16.4 Å². The summed E-state index contributed by atoms with van der Waals surface area (Å²) in [5.41, 5.74) is 7.40. The average Bonchev–Trinajstić information content (AvgIpc) is 3.13. The lowest BCUT2D eigenvalue weighted by Gasteiger charge is -2.42. The topological polar surface area (TPSA) is 112 Å². The van der Waals surface area contributed by atoms with Crippen molar-refractivity contribution in [2.24, 2.45) is 5.73 Å². The van der Waals surface area contributed by atoms with Crippen molar-refractivity contribution in [3.63, 3.8) is 0 Å². The normalized spacial score (nSPS) is 15.1. The Morgan fingerprint density at radius 3 is 2.63 bits per heavy atom. The Morgan fingerprint density at radius 2 is 2.04 bits per heavy atom. The largest absolute Gasteiger partial charge is 0.366 e. The molecule has 0 spiro atoms. The Bertz CT molecular complexity index is 966. The van der Waals surface area contributed by atoms with Gasteiger partial charge in [0.15, 0.2) is 0 Å². The fraction of sp³-hybridized carbons (Fsp3) is 0.278. The molecule has 1 aliphatic rings. The third-order valence-corrected chi connectivity index (χ3v) is 5.47. The fourth-order valence-electron chi connectivity index (χ4n) is 3.33. The summed E-state index contributed by atoms with van der Waals surface area (Å²) < 4.78 is 1.52. The van der Waals surface area contributed by atoms with Gasteiger partial charge >= 0.3 is 0 Å². The molecule has 0 aromatic carbocycles. The summed E-state index contributed by atoms with van der Waals surface area (Å²) in [5.74, 6) is 0.0303. The zero-order chi connectivity index (χ0) is 18.9. The second kappa shape index (κ2) is 7.04. The highest BCUT2D eigenvalue weighted by Gasteiger charge is 2.40. The highest BCUT2D eigenvalue weighted by molar-refractivity contribution is 7.27. The molecule has 4 rings (SSSR count). The molecular weight excluding hydrogens is 361 g/mol. The maximum atomic E-state index is 11.2. The van der Waals surface area contributed by atoms with Crippen LogP contribution in [-0.2, 0) is 5.41 Å². The van der Waals surface area contributed by atoms with Crippen molar-refractivity contribution in [2.75, 3.05) is 11.9 Å². The van der Waals surface area contributed by atoms with Crippen molar-refractivity contribution in [3.05, 3.63) is 54.4 Å². The highest BCUT2D eigenvalue weighted by atomic mass is 31.0. The predicted octanol–water partition coefficient (Wildman–Crippen LogP) is 1.19. The summed E-state index contributed by atoms with van der Waals surface area (Å²) in [6.07, 6.45) is 11.5. The van der Waals surface area contributed by atoms with Crippen LogP contribution in [0.15, 0.2) is 43.1 Å². The molecule has 0 radical (unpaired) electrons. The van der Waals surface area contributed by atoms with Crippen LogP contribution in [0.3, 0.4) is 0 Å². The number of pyridine rings is 1. The summed E-state index contributed by atoms with van der Waals surface area (Å²) in [4.78, 5) is 24.5. The maximum Gasteiger partial charge on any atom is 0.251 e. The Kier molecular flexibility index (Phi) is 4.58. The zero-order valence-corrected chi connectivity index (χ0v) is 15.8. The van der Waals surface area contributed by atoms with Crippen molar-refractivity contribution >= 4 is 26.4 Å². The number of aromatic nitrogens is 5. The standard InChI is InChI=1S/C18H20N7OP/c19-16(26)12-7-24-25(10-12)13-8-21-17(22-9-13)23-11-18(4-2-5-18)15-14(27)3-1-6-20-15/h1,3,6-10H,2,4-5,11,27H2,(H2,19,26)(H,21,22,23). The SMILES string of the molecule is NC(=O)c1cnn(-c2cnc(NCC3(c4ncccc4P)CCC3)nc2)c1. The van der Waals surface area contributed by atoms with Crippen LogP contribution in [0.25, 0.3) is 5.69 Å². The van der Waals surface area contributed by atoms with Crippen LogP contribution in [0.4, 0.5) is 5.95 Å². The van der Waals surface area contributed by atoms with Gasteiger partial charge in [0, 0.05) is 24.4 Å². The third-order valence-electron chi connectivity index (χ3n) is 5.01. The molecule has 0 bridgehead atoms. The maximum absolute atomic E-state index is 11.2. The van der Waals surface area contributed by atoms with E-state index in [-0.39, 0.29) is 5.41 Å². The summed E-state index contributed by atoms with van der Waals surface area (Å²) in [6, 6.07) is 4.02. The second-order valence-electron chi connectivity index (χ2n) is 6.73. The molecule has 1 aliphatic carbocycles. The first kappa shape index (κ1) is 17.5. The van der Waals surface area contributed by atoms with Gasteiger partial charge in [-0.3, -0.25) is 9.78 Å². The molecule has 27 heavy (non-hydrogen) atoms. The van der Waals surface area contributed by atoms with E-state index in [4.69, 9.17) is 5.73 Å². The van der Waals surface area contributed by atoms with Crippen molar-refractivity contribution in [2.45, 2.75) is 24.7 Å². The van der Waals surface area contributed by atoms with Crippen LogP contribution in [0.5, 0.6) is 0 Å². The zero-order valence-electron chi connectivity index (χ0n) is 14.7. The number of rotatable bonds is 6. The van der Waals surface area contributed by atoms with E-state index >= 15 is 0 Å². The van der Waals surface area contributed by atoms with Gasteiger partial charge in [0.1, 0.15) is 5.69 Å². The Hall–Kier alpha value is -2.86. The van der Waals surface area contributed by atoms with Gasteiger partial charge < -0.3 is 11.1 Å². The quantitative estimate of drug-likeness (QED) is 0.621. The Labute approximate surface area is 158 Å². The summed E-state index contributed by atoms with van der Waals surface area (Å²) in [5, 5.41) is 8.58. The molecule has 0 saturated heterocycles. The van der Waals surface area contributed by atoms with E-state index in [2.05, 4.69) is 40.7 Å². The van der Waals surface area contributed by atoms with E-state index in [1.807, 2.05) is 12.3 Å². The minimum absolute atomic E-state index is 0.0265. The van der Waals surface area contributed by atoms with Crippen molar-refractivity contribution in [1.29, 1.82) is 0 Å². The first-order chi connectivity index (χ1) is 13.1. The number of carbonyl (C=O) groups is 1. The monoisotopic (exact) mass is 381 g/mol. The molecule has 1 atom stereocenters. The van der Waals surface area contributed by atoms with Gasteiger partial charge in [0.05, 0.1) is 29.8 Å². The lowest BCUT2D eigenvalue weighted by atomic mass is 9.66. The average molecular weight is 381 g/mol. The molecule has 1 saturated carbocycles. The minimum atomic E-state index is -0.519. The van der Waals surface area contributed by atoms with Gasteiger partial charge in [0.25, 0.3) is 5.91 Å². The van der Waals surface area contributed by atoms with Crippen LogP contribution >= 0.6 is 9.24 Å². The number of carbonyl (C=O) groups excluding carboxylic acids is 1. The first-order valence-electron chi connectivity index (χ1n) is 8.69. The third kappa shape index (κ3) is 3.40. The number of nitrogens with one attached hydrogen (secondary N) is 1. The van der Waals surface area contributed by atoms with E-state index in [1.54, 1.807) is 18.6 Å². The molecule has 3 N–H and O–H groups in total. The van der Waals surface area contributed by atoms with E-state index < -0.39 is 5.91 Å². The highest BCUT2D eigenvalue weighted by Crippen LogP contribution is 2.42. The van der Waals surface area contributed by atoms with E-state index in [9.17, 15) is 4.79 Å². The van der Waals surface area contributed by atoms with Crippen molar-refractivity contribution in [1.82, 2.24) is 24.7 Å². The van der Waals surface area contributed by atoms with Gasteiger partial charge in [-0.2, -0.15) is 5.10 Å². The van der Waals surface area contributed by atoms with Gasteiger partial charge in [-0.05, 0) is 24.2 Å². The van der Waals surface area contributed by atoms with Crippen LogP contribution in [0.1, 0.15) is 35.3 Å². The predicted molar refractivity (Wildman–Crippen MR) is 105 cm³/mol. The second-order valence-corrected chi connectivity index (χ2v) is 7.35. The van der Waals surface area contributed by atoms with Gasteiger partial charge in [0.2, 0.25) is 5.95 Å². The van der Waals surface area contributed by atoms with Gasteiger partial charge in [-0.25, -0.2) is 14.6 Å². The lowest BCUT2D eigenvalue weighted by Crippen LogP contribution is -2.44. The van der Waals surface area contributed by atoms with Crippen LogP contribution in [0.2, 0.25) is 0 Å². The number of nitrogens with zero attached hydrogens (tertiary/aromatic N) is 5. The number of amides is 1.